The third-order valence-electron chi connectivity index (χ3n) is 2.62. The Kier molecular flexibility index (Phi) is 3.99. The Morgan fingerprint density at radius 2 is 2.00 bits per heavy atom. The first-order chi connectivity index (χ1) is 8.60. The van der Waals surface area contributed by atoms with Crippen LogP contribution >= 0.6 is 15.9 Å². The van der Waals surface area contributed by atoms with Gasteiger partial charge in [-0.3, -0.25) is 4.98 Å². The molecule has 4 heteroatoms. The summed E-state index contributed by atoms with van der Waals surface area (Å²) in [6.45, 7) is 3.78. The summed E-state index contributed by atoms with van der Waals surface area (Å²) < 4.78 is 6.82. The molecule has 0 saturated carbocycles. The molecule has 0 unspecified atom stereocenters. The fourth-order valence-corrected chi connectivity index (χ4v) is 1.92. The SMILES string of the molecule is Cc1cc(Oc2cc(Br)ccc2C)c(CO)cn1. The second-order valence-electron chi connectivity index (χ2n) is 4.10. The molecule has 0 radical (unpaired) electrons. The van der Waals surface area contributed by atoms with Crippen LogP contribution in [0.3, 0.4) is 0 Å². The van der Waals surface area contributed by atoms with Crippen LogP contribution in [0.1, 0.15) is 16.8 Å². The summed E-state index contributed by atoms with van der Waals surface area (Å²) in [7, 11) is 0. The number of pyridine rings is 1. The minimum Gasteiger partial charge on any atom is -0.457 e. The fraction of sp³-hybridized carbons (Fsp3) is 0.214. The summed E-state index contributed by atoms with van der Waals surface area (Å²) in [6.07, 6.45) is 1.64. The summed E-state index contributed by atoms with van der Waals surface area (Å²) in [5.74, 6) is 1.41. The quantitative estimate of drug-likeness (QED) is 0.939. The first kappa shape index (κ1) is 13.1. The minimum atomic E-state index is -0.0876. The zero-order chi connectivity index (χ0) is 13.1. The van der Waals surface area contributed by atoms with Gasteiger partial charge in [0.1, 0.15) is 11.5 Å². The van der Waals surface area contributed by atoms with Crippen LogP contribution in [-0.4, -0.2) is 10.1 Å². The zero-order valence-electron chi connectivity index (χ0n) is 10.3. The van der Waals surface area contributed by atoms with Gasteiger partial charge in [0, 0.05) is 28.0 Å². The van der Waals surface area contributed by atoms with E-state index in [1.807, 2.05) is 38.1 Å². The lowest BCUT2D eigenvalue weighted by molar-refractivity contribution is 0.276. The van der Waals surface area contributed by atoms with Gasteiger partial charge in [-0.05, 0) is 31.5 Å². The molecule has 0 amide bonds. The van der Waals surface area contributed by atoms with Crippen LogP contribution in [0.25, 0.3) is 0 Å². The van der Waals surface area contributed by atoms with E-state index in [9.17, 15) is 5.11 Å². The van der Waals surface area contributed by atoms with E-state index in [2.05, 4.69) is 20.9 Å². The van der Waals surface area contributed by atoms with E-state index >= 15 is 0 Å². The van der Waals surface area contributed by atoms with E-state index in [1.165, 1.54) is 0 Å². The van der Waals surface area contributed by atoms with Gasteiger partial charge < -0.3 is 9.84 Å². The average molecular weight is 308 g/mol. The summed E-state index contributed by atoms with van der Waals surface area (Å²) in [5.41, 5.74) is 2.58. The molecule has 0 spiro atoms. The number of hydrogen-bond donors (Lipinski definition) is 1. The molecule has 1 heterocycles. The van der Waals surface area contributed by atoms with Gasteiger partial charge in [-0.25, -0.2) is 0 Å². The highest BCUT2D eigenvalue weighted by molar-refractivity contribution is 9.10. The Hall–Kier alpha value is -1.39. The third kappa shape index (κ3) is 2.89. The predicted molar refractivity (Wildman–Crippen MR) is 73.8 cm³/mol. The van der Waals surface area contributed by atoms with Crippen LogP contribution < -0.4 is 4.74 Å². The minimum absolute atomic E-state index is 0.0876. The molecule has 1 aromatic carbocycles. The van der Waals surface area contributed by atoms with Gasteiger partial charge in [0.25, 0.3) is 0 Å². The highest BCUT2D eigenvalue weighted by atomic mass is 79.9. The maximum atomic E-state index is 9.28. The van der Waals surface area contributed by atoms with E-state index in [-0.39, 0.29) is 6.61 Å². The Balaban J connectivity index is 2.38. The molecule has 0 saturated heterocycles. The van der Waals surface area contributed by atoms with Crippen molar-refractivity contribution >= 4 is 15.9 Å². The first-order valence-electron chi connectivity index (χ1n) is 5.60. The molecule has 0 aliphatic heterocycles. The molecule has 3 nitrogen and oxygen atoms in total. The second kappa shape index (κ2) is 5.50. The molecule has 18 heavy (non-hydrogen) atoms. The number of rotatable bonds is 3. The third-order valence-corrected chi connectivity index (χ3v) is 3.11. The van der Waals surface area contributed by atoms with E-state index < -0.39 is 0 Å². The summed E-state index contributed by atoms with van der Waals surface area (Å²) in [4.78, 5) is 4.14. The smallest absolute Gasteiger partial charge is 0.136 e. The molecule has 1 aromatic heterocycles. The molecule has 0 bridgehead atoms. The lowest BCUT2D eigenvalue weighted by atomic mass is 10.2. The van der Waals surface area contributed by atoms with Crippen LogP contribution in [0.4, 0.5) is 0 Å². The Labute approximate surface area is 115 Å². The molecule has 0 fully saturated rings. The standard InChI is InChI=1S/C14H14BrNO2/c1-9-3-4-12(15)6-13(9)18-14-5-10(2)16-7-11(14)8-17/h3-7,17H,8H2,1-2H3. The number of hydrogen-bond acceptors (Lipinski definition) is 3. The van der Waals surface area contributed by atoms with Gasteiger partial charge in [0.05, 0.1) is 6.61 Å². The number of aliphatic hydroxyl groups excluding tert-OH is 1. The molecular weight excluding hydrogens is 294 g/mol. The van der Waals surface area contributed by atoms with Gasteiger partial charge >= 0.3 is 0 Å². The molecule has 0 atom stereocenters. The van der Waals surface area contributed by atoms with Crippen LogP contribution in [0.2, 0.25) is 0 Å². The van der Waals surface area contributed by atoms with Crippen molar-refractivity contribution < 1.29 is 9.84 Å². The second-order valence-corrected chi connectivity index (χ2v) is 5.02. The number of aliphatic hydroxyl groups is 1. The molecule has 0 aliphatic carbocycles. The predicted octanol–water partition coefficient (Wildman–Crippen LogP) is 3.75. The topological polar surface area (TPSA) is 42.4 Å². The van der Waals surface area contributed by atoms with Gasteiger partial charge in [0.15, 0.2) is 0 Å². The van der Waals surface area contributed by atoms with Crippen molar-refractivity contribution in [1.82, 2.24) is 4.98 Å². The van der Waals surface area contributed by atoms with Crippen LogP contribution in [0, 0.1) is 13.8 Å². The fourth-order valence-electron chi connectivity index (χ4n) is 1.58. The van der Waals surface area contributed by atoms with Gasteiger partial charge in [-0.2, -0.15) is 0 Å². The number of halogens is 1. The summed E-state index contributed by atoms with van der Waals surface area (Å²) in [6, 6.07) is 7.68. The van der Waals surface area contributed by atoms with E-state index in [1.54, 1.807) is 6.20 Å². The molecule has 1 N–H and O–H groups in total. The van der Waals surface area contributed by atoms with Gasteiger partial charge in [-0.15, -0.1) is 0 Å². The van der Waals surface area contributed by atoms with Crippen molar-refractivity contribution in [1.29, 1.82) is 0 Å². The Morgan fingerprint density at radius 1 is 1.22 bits per heavy atom. The van der Waals surface area contributed by atoms with Crippen LogP contribution in [0.5, 0.6) is 11.5 Å². The monoisotopic (exact) mass is 307 g/mol. The molecule has 2 aromatic rings. The average Bonchev–Trinajstić information content (AvgIpc) is 2.34. The zero-order valence-corrected chi connectivity index (χ0v) is 11.9. The lowest BCUT2D eigenvalue weighted by Gasteiger charge is -2.12. The Bertz CT molecular complexity index is 570. The van der Waals surface area contributed by atoms with Crippen molar-refractivity contribution in [3.05, 3.63) is 51.8 Å². The molecule has 2 rings (SSSR count). The Morgan fingerprint density at radius 3 is 2.72 bits per heavy atom. The highest BCUT2D eigenvalue weighted by Crippen LogP contribution is 2.30. The van der Waals surface area contributed by atoms with Gasteiger partial charge in [0.2, 0.25) is 0 Å². The van der Waals surface area contributed by atoms with Crippen LogP contribution in [-0.2, 0) is 6.61 Å². The number of aromatic nitrogens is 1. The van der Waals surface area contributed by atoms with Crippen molar-refractivity contribution in [2.75, 3.05) is 0 Å². The maximum Gasteiger partial charge on any atom is 0.136 e. The van der Waals surface area contributed by atoms with E-state index in [0.29, 0.717) is 11.3 Å². The summed E-state index contributed by atoms with van der Waals surface area (Å²) >= 11 is 3.42. The van der Waals surface area contributed by atoms with Crippen molar-refractivity contribution in [2.24, 2.45) is 0 Å². The molecular formula is C14H14BrNO2. The first-order valence-corrected chi connectivity index (χ1v) is 6.40. The van der Waals surface area contributed by atoms with Crippen molar-refractivity contribution in [3.63, 3.8) is 0 Å². The molecule has 0 aliphatic rings. The van der Waals surface area contributed by atoms with Crippen molar-refractivity contribution in [3.8, 4) is 11.5 Å². The number of benzene rings is 1. The maximum absolute atomic E-state index is 9.28. The number of nitrogens with zero attached hydrogens (tertiary/aromatic N) is 1. The lowest BCUT2D eigenvalue weighted by Crippen LogP contribution is -1.96. The highest BCUT2D eigenvalue weighted by Gasteiger charge is 2.08. The van der Waals surface area contributed by atoms with E-state index in [0.717, 1.165) is 21.5 Å². The normalized spacial score (nSPS) is 10.4. The number of ether oxygens (including phenoxy) is 1. The summed E-state index contributed by atoms with van der Waals surface area (Å²) in [5, 5.41) is 9.28. The number of aryl methyl sites for hydroxylation is 2. The largest absolute Gasteiger partial charge is 0.457 e. The van der Waals surface area contributed by atoms with E-state index in [4.69, 9.17) is 4.74 Å². The van der Waals surface area contributed by atoms with Crippen LogP contribution in [0.15, 0.2) is 34.9 Å². The van der Waals surface area contributed by atoms with Gasteiger partial charge in [-0.1, -0.05) is 22.0 Å². The van der Waals surface area contributed by atoms with Crippen molar-refractivity contribution in [2.45, 2.75) is 20.5 Å². The molecule has 94 valence electrons.